The average Bonchev–Trinajstić information content (AvgIpc) is 3.01. The number of amides is 1. The molecule has 4 heterocycles. The Morgan fingerprint density at radius 1 is 1.14 bits per heavy atom. The van der Waals surface area contributed by atoms with E-state index < -0.39 is 0 Å². The fourth-order valence-electron chi connectivity index (χ4n) is 5.77. The molecule has 0 aliphatic carbocycles. The number of hydrogen-bond donors (Lipinski definition) is 4. The number of nitrogens with zero attached hydrogens (tertiary/aromatic N) is 5. The van der Waals surface area contributed by atoms with Crippen LogP contribution in [0.3, 0.4) is 0 Å². The number of carbonyl (C=O) groups is 1. The van der Waals surface area contributed by atoms with Crippen molar-refractivity contribution >= 4 is 34.9 Å². The van der Waals surface area contributed by atoms with E-state index in [1.807, 2.05) is 26.0 Å². The molecule has 4 N–H and O–H groups in total. The standard InChI is InChI=1S/C31H41N9O3/c1-5-14-33-29(42)23-20-34-30(37-28(23)36-26-8-9-27(41)40(38-26)21(2)3)35-22-6-7-24(25(19-22)43-4)39-17-12-31(13-18-39)10-15-32-16-11-31/h5-9,19-21,32H,1,10-18H2,2-4H3,(H,33,42)(H2,34,35,36,37,38). The maximum absolute atomic E-state index is 12.9. The summed E-state index contributed by atoms with van der Waals surface area (Å²) in [5.41, 5.74) is 2.29. The molecule has 43 heavy (non-hydrogen) atoms. The third-order valence-corrected chi connectivity index (χ3v) is 8.27. The Hall–Kier alpha value is -4.45. The highest BCUT2D eigenvalue weighted by molar-refractivity contribution is 5.99. The van der Waals surface area contributed by atoms with E-state index in [0.29, 0.717) is 11.2 Å². The van der Waals surface area contributed by atoms with Crippen LogP contribution in [-0.4, -0.2) is 65.5 Å². The lowest BCUT2D eigenvalue weighted by Gasteiger charge is -2.45. The van der Waals surface area contributed by atoms with Gasteiger partial charge in [0.15, 0.2) is 5.82 Å². The monoisotopic (exact) mass is 587 g/mol. The number of piperidine rings is 2. The summed E-state index contributed by atoms with van der Waals surface area (Å²) >= 11 is 0. The van der Waals surface area contributed by atoms with E-state index in [1.165, 1.54) is 42.6 Å². The first-order valence-corrected chi connectivity index (χ1v) is 14.8. The van der Waals surface area contributed by atoms with Gasteiger partial charge in [0.25, 0.3) is 11.5 Å². The highest BCUT2D eigenvalue weighted by atomic mass is 16.5. The van der Waals surface area contributed by atoms with Gasteiger partial charge in [-0.05, 0) is 76.2 Å². The van der Waals surface area contributed by atoms with Gasteiger partial charge in [0.1, 0.15) is 17.1 Å². The number of ether oxygens (including phenoxy) is 1. The number of aromatic nitrogens is 4. The van der Waals surface area contributed by atoms with Crippen molar-refractivity contribution in [1.82, 2.24) is 30.4 Å². The quantitative estimate of drug-likeness (QED) is 0.258. The first kappa shape index (κ1) is 30.0. The Labute approximate surface area is 252 Å². The first-order valence-electron chi connectivity index (χ1n) is 14.8. The second kappa shape index (κ2) is 13.2. The Balaban J connectivity index is 1.37. The molecule has 0 bridgehead atoms. The van der Waals surface area contributed by atoms with Gasteiger partial charge in [-0.3, -0.25) is 9.59 Å². The molecule has 12 heteroatoms. The summed E-state index contributed by atoms with van der Waals surface area (Å²) in [5, 5.41) is 17.0. The van der Waals surface area contributed by atoms with Crippen LogP contribution in [-0.2, 0) is 0 Å². The minimum atomic E-state index is -0.370. The number of rotatable bonds is 10. The molecule has 2 fully saturated rings. The molecule has 1 aromatic carbocycles. The summed E-state index contributed by atoms with van der Waals surface area (Å²) in [6.45, 7) is 11.9. The van der Waals surface area contributed by atoms with Crippen LogP contribution in [0.4, 0.5) is 29.0 Å². The molecule has 2 saturated heterocycles. The number of carbonyl (C=O) groups excluding carboxylic acids is 1. The van der Waals surface area contributed by atoms with Gasteiger partial charge in [-0.15, -0.1) is 6.58 Å². The lowest BCUT2D eigenvalue weighted by atomic mass is 9.71. The van der Waals surface area contributed by atoms with E-state index in [-0.39, 0.29) is 41.4 Å². The molecule has 0 saturated carbocycles. The third kappa shape index (κ3) is 6.96. The van der Waals surface area contributed by atoms with Crippen LogP contribution < -0.4 is 36.5 Å². The average molecular weight is 588 g/mol. The largest absolute Gasteiger partial charge is 0.495 e. The Kier molecular flexibility index (Phi) is 9.24. The number of hydrogen-bond acceptors (Lipinski definition) is 10. The van der Waals surface area contributed by atoms with E-state index in [4.69, 9.17) is 4.74 Å². The topological polar surface area (TPSA) is 138 Å². The van der Waals surface area contributed by atoms with Crippen LogP contribution in [0.25, 0.3) is 0 Å². The molecule has 2 aliphatic heterocycles. The number of benzene rings is 1. The van der Waals surface area contributed by atoms with E-state index in [2.05, 4.69) is 53.9 Å². The Morgan fingerprint density at radius 2 is 1.91 bits per heavy atom. The molecule has 1 spiro atoms. The molecular weight excluding hydrogens is 546 g/mol. The van der Waals surface area contributed by atoms with Gasteiger partial charge in [0.2, 0.25) is 5.95 Å². The van der Waals surface area contributed by atoms with Crippen LogP contribution in [0.2, 0.25) is 0 Å². The summed E-state index contributed by atoms with van der Waals surface area (Å²) in [6.07, 6.45) is 7.93. The second-order valence-electron chi connectivity index (χ2n) is 11.4. The number of methoxy groups -OCH3 is 1. The number of anilines is 5. The molecule has 12 nitrogen and oxygen atoms in total. The van der Waals surface area contributed by atoms with Gasteiger partial charge in [0, 0.05) is 43.7 Å². The molecule has 2 aliphatic rings. The lowest BCUT2D eigenvalue weighted by molar-refractivity contribution is 0.0958. The van der Waals surface area contributed by atoms with Crippen molar-refractivity contribution in [3.05, 3.63) is 65.1 Å². The van der Waals surface area contributed by atoms with Crippen molar-refractivity contribution in [2.45, 2.75) is 45.6 Å². The Bertz CT molecular complexity index is 1500. The van der Waals surface area contributed by atoms with Crippen LogP contribution in [0.15, 0.2) is 54.0 Å². The predicted octanol–water partition coefficient (Wildman–Crippen LogP) is 4.00. The van der Waals surface area contributed by atoms with Crippen LogP contribution in [0, 0.1) is 5.41 Å². The Morgan fingerprint density at radius 3 is 2.60 bits per heavy atom. The van der Waals surface area contributed by atoms with Crippen LogP contribution in [0.1, 0.15) is 55.9 Å². The SMILES string of the molecule is C=CCNC(=O)c1cnc(Nc2ccc(N3CCC4(CCNCC4)CC3)c(OC)c2)nc1Nc1ccc(=O)n(C(C)C)n1. The fourth-order valence-corrected chi connectivity index (χ4v) is 5.77. The van der Waals surface area contributed by atoms with Gasteiger partial charge in [-0.2, -0.15) is 10.1 Å². The minimum absolute atomic E-state index is 0.138. The first-order chi connectivity index (χ1) is 20.8. The molecule has 3 aromatic rings. The molecule has 0 atom stereocenters. The molecule has 1 amide bonds. The van der Waals surface area contributed by atoms with Gasteiger partial charge < -0.3 is 30.9 Å². The highest BCUT2D eigenvalue weighted by Crippen LogP contribution is 2.42. The third-order valence-electron chi connectivity index (χ3n) is 8.27. The predicted molar refractivity (Wildman–Crippen MR) is 169 cm³/mol. The smallest absolute Gasteiger partial charge is 0.267 e. The van der Waals surface area contributed by atoms with Gasteiger partial charge >= 0.3 is 0 Å². The van der Waals surface area contributed by atoms with Crippen molar-refractivity contribution < 1.29 is 9.53 Å². The molecule has 228 valence electrons. The molecule has 5 rings (SSSR count). The molecule has 0 unspecified atom stereocenters. The summed E-state index contributed by atoms with van der Waals surface area (Å²) in [6, 6.07) is 8.83. The highest BCUT2D eigenvalue weighted by Gasteiger charge is 2.36. The fraction of sp³-hybridized carbons (Fsp3) is 0.452. The molecule has 0 radical (unpaired) electrons. The van der Waals surface area contributed by atoms with Gasteiger partial charge in [0.05, 0.1) is 18.8 Å². The zero-order chi connectivity index (χ0) is 30.4. The van der Waals surface area contributed by atoms with Crippen LogP contribution >= 0.6 is 0 Å². The normalized spacial score (nSPS) is 16.1. The van der Waals surface area contributed by atoms with Crippen molar-refractivity contribution in [1.29, 1.82) is 0 Å². The molecule has 2 aromatic heterocycles. The van der Waals surface area contributed by atoms with Crippen molar-refractivity contribution in [3.8, 4) is 5.75 Å². The van der Waals surface area contributed by atoms with E-state index in [0.717, 1.165) is 43.3 Å². The lowest BCUT2D eigenvalue weighted by Crippen LogP contribution is -2.45. The van der Waals surface area contributed by atoms with Crippen molar-refractivity contribution in [2.24, 2.45) is 5.41 Å². The minimum Gasteiger partial charge on any atom is -0.495 e. The second-order valence-corrected chi connectivity index (χ2v) is 11.4. The van der Waals surface area contributed by atoms with Crippen LogP contribution in [0.5, 0.6) is 5.75 Å². The van der Waals surface area contributed by atoms with Gasteiger partial charge in [-0.1, -0.05) is 6.08 Å². The van der Waals surface area contributed by atoms with Crippen molar-refractivity contribution in [3.63, 3.8) is 0 Å². The van der Waals surface area contributed by atoms with Gasteiger partial charge in [-0.25, -0.2) is 9.67 Å². The van der Waals surface area contributed by atoms with E-state index in [1.54, 1.807) is 19.3 Å². The van der Waals surface area contributed by atoms with Crippen molar-refractivity contribution in [2.75, 3.05) is 55.4 Å². The summed E-state index contributed by atoms with van der Waals surface area (Å²) in [7, 11) is 1.68. The summed E-state index contributed by atoms with van der Waals surface area (Å²) in [5.74, 6) is 1.29. The zero-order valence-corrected chi connectivity index (χ0v) is 25.2. The zero-order valence-electron chi connectivity index (χ0n) is 25.2. The molecular formula is C31H41N9O3. The van der Waals surface area contributed by atoms with E-state index in [9.17, 15) is 9.59 Å². The maximum atomic E-state index is 12.9. The summed E-state index contributed by atoms with van der Waals surface area (Å²) in [4.78, 5) is 36.5. The summed E-state index contributed by atoms with van der Waals surface area (Å²) < 4.78 is 7.17. The maximum Gasteiger partial charge on any atom is 0.267 e. The van der Waals surface area contributed by atoms with E-state index >= 15 is 0 Å². The number of nitrogens with one attached hydrogen (secondary N) is 4.